The molecule has 0 spiro atoms. The van der Waals surface area contributed by atoms with Crippen molar-refractivity contribution in [3.8, 4) is 11.9 Å². The van der Waals surface area contributed by atoms with E-state index in [2.05, 4.69) is 9.97 Å². The van der Waals surface area contributed by atoms with E-state index in [1.54, 1.807) is 24.3 Å². The van der Waals surface area contributed by atoms with E-state index in [0.29, 0.717) is 23.6 Å². The van der Waals surface area contributed by atoms with Gasteiger partial charge in [0.05, 0.1) is 12.3 Å². The highest BCUT2D eigenvalue weighted by Gasteiger charge is 2.33. The summed E-state index contributed by atoms with van der Waals surface area (Å²) < 4.78 is 32.2. The number of rotatable bonds is 5. The number of benzene rings is 1. The highest BCUT2D eigenvalue weighted by Crippen LogP contribution is 2.22. The summed E-state index contributed by atoms with van der Waals surface area (Å²) in [5.74, 6) is 0.0396. The van der Waals surface area contributed by atoms with Gasteiger partial charge in [-0.3, -0.25) is 0 Å². The molecule has 1 atom stereocenters. The fourth-order valence-corrected chi connectivity index (χ4v) is 4.27. The standard InChI is InChI=1S/C16H15ClN4O3S/c17-13-3-1-12(2-4-13)11-25(22,23)21-8-5-14(10-21)24-16-15(9-18)19-6-7-20-16/h1-4,6-7,14H,5,8,10-11H2. The average Bonchev–Trinajstić information content (AvgIpc) is 3.07. The Kier molecular flexibility index (Phi) is 5.18. The van der Waals surface area contributed by atoms with Crippen molar-refractivity contribution in [3.05, 3.63) is 52.9 Å². The quantitative estimate of drug-likeness (QED) is 0.789. The van der Waals surface area contributed by atoms with Crippen LogP contribution in [0.5, 0.6) is 5.88 Å². The molecule has 7 nitrogen and oxygen atoms in total. The summed E-state index contributed by atoms with van der Waals surface area (Å²) in [5.41, 5.74) is 0.763. The van der Waals surface area contributed by atoms with Crippen LogP contribution in [0.25, 0.3) is 0 Å². The summed E-state index contributed by atoms with van der Waals surface area (Å²) in [6.07, 6.45) is 3.01. The zero-order valence-corrected chi connectivity index (χ0v) is 14.7. The molecular formula is C16H15ClN4O3S. The third kappa shape index (κ3) is 4.25. The van der Waals surface area contributed by atoms with Crippen molar-refractivity contribution in [2.75, 3.05) is 13.1 Å². The molecule has 0 aliphatic carbocycles. The summed E-state index contributed by atoms with van der Waals surface area (Å²) in [4.78, 5) is 7.87. The van der Waals surface area contributed by atoms with Crippen LogP contribution in [0.2, 0.25) is 5.02 Å². The van der Waals surface area contributed by atoms with Crippen LogP contribution < -0.4 is 4.74 Å². The Balaban J connectivity index is 1.65. The van der Waals surface area contributed by atoms with Crippen molar-refractivity contribution in [3.63, 3.8) is 0 Å². The highest BCUT2D eigenvalue weighted by molar-refractivity contribution is 7.88. The topological polar surface area (TPSA) is 96.2 Å². The predicted molar refractivity (Wildman–Crippen MR) is 91.4 cm³/mol. The lowest BCUT2D eigenvalue weighted by molar-refractivity contribution is 0.205. The minimum Gasteiger partial charge on any atom is -0.471 e. The van der Waals surface area contributed by atoms with Gasteiger partial charge in [-0.1, -0.05) is 23.7 Å². The third-order valence-corrected chi connectivity index (χ3v) is 5.88. The van der Waals surface area contributed by atoms with Crippen LogP contribution in [-0.2, 0) is 15.8 Å². The summed E-state index contributed by atoms with van der Waals surface area (Å²) in [5, 5.41) is 9.57. The van der Waals surface area contributed by atoms with E-state index < -0.39 is 10.0 Å². The lowest BCUT2D eigenvalue weighted by Crippen LogP contribution is -2.32. The van der Waals surface area contributed by atoms with Crippen molar-refractivity contribution < 1.29 is 13.2 Å². The first-order valence-electron chi connectivity index (χ1n) is 7.58. The summed E-state index contributed by atoms with van der Waals surface area (Å²) in [7, 11) is -3.46. The molecule has 9 heteroatoms. The number of sulfonamides is 1. The molecule has 0 amide bonds. The molecule has 0 N–H and O–H groups in total. The second kappa shape index (κ2) is 7.35. The average molecular weight is 379 g/mol. The Labute approximate surface area is 150 Å². The van der Waals surface area contributed by atoms with Gasteiger partial charge in [-0.2, -0.15) is 9.57 Å². The molecular weight excluding hydrogens is 364 g/mol. The normalized spacial score (nSPS) is 18.0. The van der Waals surface area contributed by atoms with Crippen LogP contribution in [0.4, 0.5) is 0 Å². The number of nitrogens with zero attached hydrogens (tertiary/aromatic N) is 4. The van der Waals surface area contributed by atoms with Gasteiger partial charge in [-0.05, 0) is 24.1 Å². The second-order valence-electron chi connectivity index (χ2n) is 5.59. The molecule has 0 bridgehead atoms. The molecule has 25 heavy (non-hydrogen) atoms. The Morgan fingerprint density at radius 1 is 1.28 bits per heavy atom. The van der Waals surface area contributed by atoms with E-state index in [1.807, 2.05) is 6.07 Å². The van der Waals surface area contributed by atoms with Gasteiger partial charge in [0.25, 0.3) is 5.88 Å². The molecule has 1 aromatic heterocycles. The van der Waals surface area contributed by atoms with Crippen molar-refractivity contribution in [1.29, 1.82) is 5.26 Å². The predicted octanol–water partition coefficient (Wildman–Crippen LogP) is 1.98. The zero-order valence-electron chi connectivity index (χ0n) is 13.2. The number of nitriles is 1. The molecule has 2 aromatic rings. The zero-order chi connectivity index (χ0) is 17.9. The van der Waals surface area contributed by atoms with Gasteiger partial charge < -0.3 is 4.74 Å². The van der Waals surface area contributed by atoms with Crippen molar-refractivity contribution in [1.82, 2.24) is 14.3 Å². The van der Waals surface area contributed by atoms with Crippen LogP contribution in [0, 0.1) is 11.3 Å². The van der Waals surface area contributed by atoms with E-state index in [-0.39, 0.29) is 30.0 Å². The number of hydrogen-bond acceptors (Lipinski definition) is 6. The van der Waals surface area contributed by atoms with Crippen LogP contribution in [-0.4, -0.2) is 41.9 Å². The maximum Gasteiger partial charge on any atom is 0.251 e. The van der Waals surface area contributed by atoms with Crippen LogP contribution in [0.15, 0.2) is 36.7 Å². The van der Waals surface area contributed by atoms with E-state index in [4.69, 9.17) is 21.6 Å². The summed E-state index contributed by atoms with van der Waals surface area (Å²) >= 11 is 5.82. The minimum atomic E-state index is -3.46. The molecule has 1 aliphatic rings. The van der Waals surface area contributed by atoms with Crippen molar-refractivity contribution in [2.45, 2.75) is 18.3 Å². The number of hydrogen-bond donors (Lipinski definition) is 0. The second-order valence-corrected chi connectivity index (χ2v) is 8.00. The lowest BCUT2D eigenvalue weighted by Gasteiger charge is -2.17. The Morgan fingerprint density at radius 2 is 2.00 bits per heavy atom. The van der Waals surface area contributed by atoms with Gasteiger partial charge >= 0.3 is 0 Å². The lowest BCUT2D eigenvalue weighted by atomic mass is 10.2. The molecule has 0 saturated carbocycles. The van der Waals surface area contributed by atoms with Crippen LogP contribution >= 0.6 is 11.6 Å². The van der Waals surface area contributed by atoms with Gasteiger partial charge in [0.15, 0.2) is 0 Å². The third-order valence-electron chi connectivity index (χ3n) is 3.81. The van der Waals surface area contributed by atoms with Crippen LogP contribution in [0.1, 0.15) is 17.7 Å². The maximum atomic E-state index is 12.6. The summed E-state index contributed by atoms with van der Waals surface area (Å²) in [6, 6.07) is 8.63. The molecule has 130 valence electrons. The first-order chi connectivity index (χ1) is 12.0. The first-order valence-corrected chi connectivity index (χ1v) is 9.56. The SMILES string of the molecule is N#Cc1nccnc1OC1CCN(S(=O)(=O)Cc2ccc(Cl)cc2)C1. The monoisotopic (exact) mass is 378 g/mol. The number of ether oxygens (including phenoxy) is 1. The smallest absolute Gasteiger partial charge is 0.251 e. The summed E-state index contributed by atoms with van der Waals surface area (Å²) in [6.45, 7) is 0.583. The first kappa shape index (κ1) is 17.6. The molecule has 1 aromatic carbocycles. The molecule has 1 aliphatic heterocycles. The fourth-order valence-electron chi connectivity index (χ4n) is 2.58. The van der Waals surface area contributed by atoms with Gasteiger partial charge in [0.1, 0.15) is 12.2 Å². The molecule has 3 rings (SSSR count). The molecule has 1 saturated heterocycles. The molecule has 1 fully saturated rings. The Hall–Kier alpha value is -2.21. The highest BCUT2D eigenvalue weighted by atomic mass is 35.5. The fraction of sp³-hybridized carbons (Fsp3) is 0.312. The van der Waals surface area contributed by atoms with Crippen molar-refractivity contribution in [2.24, 2.45) is 0 Å². The molecule has 0 radical (unpaired) electrons. The molecule has 1 unspecified atom stereocenters. The number of halogens is 1. The largest absolute Gasteiger partial charge is 0.471 e. The Bertz CT molecular complexity index is 896. The Morgan fingerprint density at radius 3 is 2.72 bits per heavy atom. The van der Waals surface area contributed by atoms with Crippen LogP contribution in [0.3, 0.4) is 0 Å². The number of aromatic nitrogens is 2. The van der Waals surface area contributed by atoms with E-state index in [9.17, 15) is 8.42 Å². The van der Waals surface area contributed by atoms with Gasteiger partial charge in [0.2, 0.25) is 15.7 Å². The minimum absolute atomic E-state index is 0.0879. The van der Waals surface area contributed by atoms with Gasteiger partial charge in [-0.15, -0.1) is 0 Å². The molecule has 2 heterocycles. The van der Waals surface area contributed by atoms with E-state index >= 15 is 0 Å². The van der Waals surface area contributed by atoms with E-state index in [1.165, 1.54) is 16.7 Å². The van der Waals surface area contributed by atoms with Gasteiger partial charge in [0, 0.05) is 24.0 Å². The maximum absolute atomic E-state index is 12.6. The van der Waals surface area contributed by atoms with E-state index in [0.717, 1.165) is 0 Å². The van der Waals surface area contributed by atoms with Crippen molar-refractivity contribution >= 4 is 21.6 Å². The van der Waals surface area contributed by atoms with Gasteiger partial charge in [-0.25, -0.2) is 18.4 Å².